The van der Waals surface area contributed by atoms with Crippen molar-refractivity contribution in [2.45, 2.75) is 200 Å². The summed E-state index contributed by atoms with van der Waals surface area (Å²) in [6.45, 7) is 4.35. The van der Waals surface area contributed by atoms with Crippen molar-refractivity contribution in [2.24, 2.45) is 0 Å². The monoisotopic (exact) mass is 833 g/mol. The van der Waals surface area contributed by atoms with E-state index >= 15 is 4.39 Å². The van der Waals surface area contributed by atoms with Crippen molar-refractivity contribution < 1.29 is 46.3 Å². The molecule has 1 saturated heterocycles. The number of esters is 2. The highest BCUT2D eigenvalue weighted by atomic mass is 31.2. The van der Waals surface area contributed by atoms with Gasteiger partial charge in [-0.1, -0.05) is 142 Å². The zero-order valence-corrected chi connectivity index (χ0v) is 36.2. The Hall–Kier alpha value is -2.38. The van der Waals surface area contributed by atoms with Crippen LogP contribution in [-0.2, 0) is 41.9 Å². The number of aromatic amines is 1. The molecule has 1 aliphatic rings. The van der Waals surface area contributed by atoms with Gasteiger partial charge in [0.2, 0.25) is 0 Å². The first-order valence-electron chi connectivity index (χ1n) is 22.0. The number of unbranched alkanes of at least 4 members (excludes halogenated alkanes) is 20. The van der Waals surface area contributed by atoms with E-state index in [1.807, 2.05) is 0 Å². The van der Waals surface area contributed by atoms with Crippen molar-refractivity contribution in [3.63, 3.8) is 0 Å². The van der Waals surface area contributed by atoms with Crippen LogP contribution in [0.4, 0.5) is 4.39 Å². The number of carbonyl (C=O) groups excluding carboxylic acids is 2. The van der Waals surface area contributed by atoms with Crippen molar-refractivity contribution in [1.29, 1.82) is 0 Å². The van der Waals surface area contributed by atoms with Gasteiger partial charge in [-0.2, -0.15) is 0 Å². The van der Waals surface area contributed by atoms with Crippen molar-refractivity contribution in [3.8, 4) is 0 Å². The van der Waals surface area contributed by atoms with Crippen molar-refractivity contribution in [3.05, 3.63) is 32.6 Å². The Labute approximate surface area is 340 Å². The Morgan fingerprint density at radius 2 is 1.12 bits per heavy atom. The van der Waals surface area contributed by atoms with Crippen LogP contribution in [0.3, 0.4) is 0 Å². The molecule has 13 nitrogen and oxygen atoms in total. The van der Waals surface area contributed by atoms with Crippen molar-refractivity contribution in [2.75, 3.05) is 33.0 Å². The smallest absolute Gasteiger partial charge is 0.463 e. The molecule has 1 aromatic rings. The van der Waals surface area contributed by atoms with E-state index in [-0.39, 0.29) is 51.3 Å². The summed E-state index contributed by atoms with van der Waals surface area (Å²) in [5, 5.41) is 0. The number of alkyl halides is 1. The molecule has 0 amide bonds. The third-order valence-electron chi connectivity index (χ3n) is 10.2. The standard InChI is InChI=1S/C42H74FN2O11P/c1-4-6-8-10-12-14-16-18-20-22-24-26-39(46)51-28-30-53-57(50,54-31-29-52-40(47)27-25-23-21-19-17-15-13-11-9-7-5-2)55-34-37-36(43)32-38(56-37)45-33-35(3)41(48)44-42(45)49/h33,36-38H,4-32,34H2,1-3H3,(H,44,48,49)/t36-,37+,38+/m0/s1. The molecule has 0 radical (unpaired) electrons. The predicted molar refractivity (Wildman–Crippen MR) is 219 cm³/mol. The van der Waals surface area contributed by atoms with Crippen LogP contribution >= 0.6 is 7.82 Å². The van der Waals surface area contributed by atoms with Crippen LogP contribution < -0.4 is 11.2 Å². The number of rotatable bonds is 36. The Morgan fingerprint density at radius 3 is 1.56 bits per heavy atom. The summed E-state index contributed by atoms with van der Waals surface area (Å²) in [6.07, 6.45) is 23.4. The summed E-state index contributed by atoms with van der Waals surface area (Å²) in [4.78, 5) is 50.8. The molecule has 0 aromatic carbocycles. The van der Waals surface area contributed by atoms with Crippen LogP contribution in [0.2, 0.25) is 0 Å². The van der Waals surface area contributed by atoms with E-state index in [0.717, 1.165) is 55.9 Å². The van der Waals surface area contributed by atoms with Gasteiger partial charge < -0.3 is 14.2 Å². The van der Waals surface area contributed by atoms with E-state index in [1.165, 1.54) is 103 Å². The number of ether oxygens (including phenoxy) is 3. The summed E-state index contributed by atoms with van der Waals surface area (Å²) in [6, 6.07) is 0. The lowest BCUT2D eigenvalue weighted by molar-refractivity contribution is -0.145. The molecule has 57 heavy (non-hydrogen) atoms. The molecule has 0 unspecified atom stereocenters. The number of H-pyrrole nitrogens is 1. The number of carbonyl (C=O) groups is 2. The van der Waals surface area contributed by atoms with E-state index in [1.54, 1.807) is 0 Å². The maximum atomic E-state index is 15.0. The lowest BCUT2D eigenvalue weighted by Crippen LogP contribution is -2.33. The highest BCUT2D eigenvalue weighted by molar-refractivity contribution is 7.48. The highest BCUT2D eigenvalue weighted by Gasteiger charge is 2.39. The largest absolute Gasteiger partial charge is 0.475 e. The van der Waals surface area contributed by atoms with Crippen LogP contribution in [0, 0.1) is 6.92 Å². The van der Waals surface area contributed by atoms with Crippen molar-refractivity contribution in [1.82, 2.24) is 9.55 Å². The minimum absolute atomic E-state index is 0.205. The molecule has 330 valence electrons. The summed E-state index contributed by atoms with van der Waals surface area (Å²) in [5.74, 6) is -0.788. The van der Waals surface area contributed by atoms with Crippen LogP contribution in [0.25, 0.3) is 0 Å². The number of hydrogen-bond donors (Lipinski definition) is 1. The van der Waals surface area contributed by atoms with Crippen LogP contribution in [0.1, 0.15) is 186 Å². The topological polar surface area (TPSA) is 161 Å². The highest BCUT2D eigenvalue weighted by Crippen LogP contribution is 2.50. The Kier molecular flexibility index (Phi) is 28.1. The fourth-order valence-corrected chi connectivity index (χ4v) is 7.86. The Morgan fingerprint density at radius 1 is 0.702 bits per heavy atom. The number of phosphoric acid groups is 1. The van der Waals surface area contributed by atoms with E-state index in [2.05, 4.69) is 18.8 Å². The summed E-state index contributed by atoms with van der Waals surface area (Å²) in [7, 11) is -4.38. The lowest BCUT2D eigenvalue weighted by Gasteiger charge is -2.21. The number of nitrogens with one attached hydrogen (secondary N) is 1. The van der Waals surface area contributed by atoms with Gasteiger partial charge in [0.25, 0.3) is 5.56 Å². The number of aryl methyl sites for hydroxylation is 1. The van der Waals surface area contributed by atoms with Crippen molar-refractivity contribution >= 4 is 19.8 Å². The molecule has 0 bridgehead atoms. The number of hydrogen-bond acceptors (Lipinski definition) is 11. The number of phosphoric ester groups is 1. The second kappa shape index (κ2) is 31.5. The minimum Gasteiger partial charge on any atom is -0.463 e. The Balaban J connectivity index is 1.75. The number of halogens is 1. The first-order valence-corrected chi connectivity index (χ1v) is 23.5. The van der Waals surface area contributed by atoms with Gasteiger partial charge in [-0.3, -0.25) is 37.5 Å². The van der Waals surface area contributed by atoms with Gasteiger partial charge in [0.15, 0.2) is 0 Å². The molecule has 2 heterocycles. The Bertz CT molecular complexity index is 1340. The first kappa shape index (κ1) is 50.8. The van der Waals surface area contributed by atoms with Gasteiger partial charge in [-0.25, -0.2) is 13.8 Å². The second-order valence-electron chi connectivity index (χ2n) is 15.3. The molecule has 1 aromatic heterocycles. The third kappa shape index (κ3) is 23.7. The van der Waals surface area contributed by atoms with Crippen LogP contribution in [-0.4, -0.2) is 66.8 Å². The number of nitrogens with zero attached hydrogens (tertiary/aromatic N) is 1. The first-order chi connectivity index (χ1) is 27.6. The molecule has 0 saturated carbocycles. The third-order valence-corrected chi connectivity index (χ3v) is 11.6. The zero-order chi connectivity index (χ0) is 41.6. The van der Waals surface area contributed by atoms with Gasteiger partial charge >= 0.3 is 25.5 Å². The number of aromatic nitrogens is 2. The molecule has 1 N–H and O–H groups in total. The molecule has 0 aliphatic carbocycles. The maximum Gasteiger partial charge on any atom is 0.475 e. The molecule has 2 rings (SSSR count). The van der Waals surface area contributed by atoms with Gasteiger partial charge in [0, 0.05) is 31.0 Å². The van der Waals surface area contributed by atoms with Gasteiger partial charge in [0.1, 0.15) is 31.7 Å². The molecule has 15 heteroatoms. The molecule has 3 atom stereocenters. The fraction of sp³-hybridized carbons (Fsp3) is 0.857. The fourth-order valence-electron chi connectivity index (χ4n) is 6.71. The van der Waals surface area contributed by atoms with E-state index < -0.39 is 56.1 Å². The normalized spacial score (nSPS) is 16.9. The summed E-state index contributed by atoms with van der Waals surface area (Å²) < 4.78 is 62.2. The van der Waals surface area contributed by atoms with E-state index in [9.17, 15) is 23.7 Å². The quantitative estimate of drug-likeness (QED) is 0.0389. The average Bonchev–Trinajstić information content (AvgIpc) is 3.56. The SMILES string of the molecule is CCCCCCCCCCCCCC(=O)OCCOP(=O)(OCCOC(=O)CCCCCCCCCCCCC)OC[C@H]1O[C@@H](n2cc(C)c(=O)[nH]c2=O)C[C@@H]1F. The maximum absolute atomic E-state index is 15.0. The lowest BCUT2D eigenvalue weighted by atomic mass is 10.1. The molecular formula is C42H74FN2O11P. The van der Waals surface area contributed by atoms with Gasteiger partial charge in [-0.05, 0) is 19.8 Å². The zero-order valence-electron chi connectivity index (χ0n) is 35.3. The minimum atomic E-state index is -4.38. The average molecular weight is 833 g/mol. The molecule has 1 aliphatic heterocycles. The van der Waals surface area contributed by atoms with Gasteiger partial charge in [-0.15, -0.1) is 0 Å². The van der Waals surface area contributed by atoms with E-state index in [4.69, 9.17) is 27.8 Å². The summed E-state index contributed by atoms with van der Waals surface area (Å²) in [5.41, 5.74) is -1.06. The van der Waals surface area contributed by atoms with Gasteiger partial charge in [0.05, 0.1) is 19.8 Å². The van der Waals surface area contributed by atoms with Crippen LogP contribution in [0.15, 0.2) is 15.8 Å². The second-order valence-corrected chi connectivity index (χ2v) is 16.9. The predicted octanol–water partition coefficient (Wildman–Crippen LogP) is 10.1. The molecule has 0 spiro atoms. The summed E-state index contributed by atoms with van der Waals surface area (Å²) >= 11 is 0. The molecule has 1 fully saturated rings. The molecular weight excluding hydrogens is 758 g/mol. The van der Waals surface area contributed by atoms with E-state index in [0.29, 0.717) is 0 Å². The van der Waals surface area contributed by atoms with Crippen LogP contribution in [0.5, 0.6) is 0 Å².